The normalized spacial score (nSPS) is 13.2. The highest BCUT2D eigenvalue weighted by Gasteiger charge is 2.17. The van der Waals surface area contributed by atoms with Crippen LogP contribution in [0.3, 0.4) is 0 Å². The molecule has 0 unspecified atom stereocenters. The first-order valence-electron chi connectivity index (χ1n) is 5.62. The van der Waals surface area contributed by atoms with Gasteiger partial charge in [-0.1, -0.05) is 17.7 Å². The number of nitrogens with one attached hydrogen (secondary N) is 1. The van der Waals surface area contributed by atoms with E-state index in [1.54, 1.807) is 19.1 Å². The number of carbonyl (C=O) groups is 1. The van der Waals surface area contributed by atoms with Gasteiger partial charge < -0.3 is 5.11 Å². The minimum atomic E-state index is -3.57. The molecule has 18 heavy (non-hydrogen) atoms. The Bertz CT molecular complexity index is 507. The van der Waals surface area contributed by atoms with Crippen molar-refractivity contribution in [3.05, 3.63) is 29.8 Å². The molecule has 1 aromatic carbocycles. The second kappa shape index (κ2) is 5.97. The van der Waals surface area contributed by atoms with Crippen molar-refractivity contribution in [2.75, 3.05) is 0 Å². The Morgan fingerprint density at radius 3 is 2.39 bits per heavy atom. The van der Waals surface area contributed by atoms with Gasteiger partial charge in [0.1, 0.15) is 0 Å². The fraction of sp³-hybridized carbons (Fsp3) is 0.417. The summed E-state index contributed by atoms with van der Waals surface area (Å²) in [6.45, 7) is 3.52. The average molecular weight is 271 g/mol. The van der Waals surface area contributed by atoms with Gasteiger partial charge >= 0.3 is 5.97 Å². The zero-order valence-electron chi connectivity index (χ0n) is 10.4. The third-order valence-corrected chi connectivity index (χ3v) is 4.08. The maximum atomic E-state index is 11.9. The molecule has 0 aromatic heterocycles. The van der Waals surface area contributed by atoms with Crippen LogP contribution in [-0.2, 0) is 14.8 Å². The molecule has 1 rings (SSSR count). The van der Waals surface area contributed by atoms with Crippen LogP contribution >= 0.6 is 0 Å². The van der Waals surface area contributed by atoms with Gasteiger partial charge in [-0.05, 0) is 32.4 Å². The van der Waals surface area contributed by atoms with Crippen molar-refractivity contribution in [1.29, 1.82) is 0 Å². The number of hydrogen-bond acceptors (Lipinski definition) is 3. The van der Waals surface area contributed by atoms with Crippen LogP contribution in [0.15, 0.2) is 29.2 Å². The summed E-state index contributed by atoms with van der Waals surface area (Å²) in [6, 6.07) is 6.09. The van der Waals surface area contributed by atoms with Gasteiger partial charge in [0.2, 0.25) is 10.0 Å². The van der Waals surface area contributed by atoms with E-state index in [1.807, 2.05) is 6.92 Å². The molecule has 0 spiro atoms. The number of aryl methyl sites for hydroxylation is 1. The van der Waals surface area contributed by atoms with E-state index in [2.05, 4.69) is 4.72 Å². The summed E-state index contributed by atoms with van der Waals surface area (Å²) in [7, 11) is -3.57. The zero-order chi connectivity index (χ0) is 13.8. The Morgan fingerprint density at radius 1 is 1.33 bits per heavy atom. The summed E-state index contributed by atoms with van der Waals surface area (Å²) in [5.74, 6) is -0.934. The molecule has 0 fully saturated rings. The SMILES string of the molecule is Cc1ccc(S(=O)(=O)N[C@H](C)CCC(=O)O)cc1. The summed E-state index contributed by atoms with van der Waals surface area (Å²) >= 11 is 0. The van der Waals surface area contributed by atoms with Crippen LogP contribution in [0.4, 0.5) is 0 Å². The van der Waals surface area contributed by atoms with Gasteiger partial charge in [-0.25, -0.2) is 13.1 Å². The monoisotopic (exact) mass is 271 g/mol. The van der Waals surface area contributed by atoms with Gasteiger partial charge in [-0.3, -0.25) is 4.79 Å². The van der Waals surface area contributed by atoms with Crippen molar-refractivity contribution in [1.82, 2.24) is 4.72 Å². The molecule has 0 aliphatic carbocycles. The summed E-state index contributed by atoms with van der Waals surface area (Å²) in [6.07, 6.45) is 0.206. The summed E-state index contributed by atoms with van der Waals surface area (Å²) in [5, 5.41) is 8.53. The number of carboxylic acids is 1. The molecule has 1 aromatic rings. The van der Waals surface area contributed by atoms with Crippen molar-refractivity contribution in [2.24, 2.45) is 0 Å². The van der Waals surface area contributed by atoms with Gasteiger partial charge in [0.25, 0.3) is 0 Å². The minimum absolute atomic E-state index is 0.0580. The Labute approximate surface area is 107 Å². The number of hydrogen-bond donors (Lipinski definition) is 2. The van der Waals surface area contributed by atoms with Crippen LogP contribution < -0.4 is 4.72 Å². The van der Waals surface area contributed by atoms with Crippen molar-refractivity contribution in [3.8, 4) is 0 Å². The van der Waals surface area contributed by atoms with Crippen LogP contribution in [0, 0.1) is 6.92 Å². The Kier molecular flexibility index (Phi) is 4.86. The van der Waals surface area contributed by atoms with E-state index in [9.17, 15) is 13.2 Å². The number of rotatable bonds is 6. The quantitative estimate of drug-likeness (QED) is 0.821. The zero-order valence-corrected chi connectivity index (χ0v) is 11.2. The Hall–Kier alpha value is -1.40. The third-order valence-electron chi connectivity index (χ3n) is 2.48. The van der Waals surface area contributed by atoms with Gasteiger partial charge in [-0.2, -0.15) is 0 Å². The Balaban J connectivity index is 2.70. The molecule has 0 saturated carbocycles. The molecule has 0 aliphatic heterocycles. The van der Waals surface area contributed by atoms with E-state index in [0.717, 1.165) is 5.56 Å². The van der Waals surface area contributed by atoms with Crippen molar-refractivity contribution >= 4 is 16.0 Å². The standard InChI is InChI=1S/C12H17NO4S/c1-9-3-6-11(7-4-9)18(16,17)13-10(2)5-8-12(14)15/h3-4,6-7,10,13H,5,8H2,1-2H3,(H,14,15)/t10-/m1/s1. The number of benzene rings is 1. The number of carboxylic acid groups (broad SMARTS) is 1. The van der Waals surface area contributed by atoms with E-state index in [1.165, 1.54) is 12.1 Å². The van der Waals surface area contributed by atoms with E-state index in [0.29, 0.717) is 0 Å². The lowest BCUT2D eigenvalue weighted by molar-refractivity contribution is -0.137. The van der Waals surface area contributed by atoms with E-state index in [4.69, 9.17) is 5.11 Å². The number of aliphatic carboxylic acids is 1. The Morgan fingerprint density at radius 2 is 1.89 bits per heavy atom. The third kappa shape index (κ3) is 4.46. The molecule has 5 nitrogen and oxygen atoms in total. The predicted molar refractivity (Wildman–Crippen MR) is 67.8 cm³/mol. The van der Waals surface area contributed by atoms with Crippen LogP contribution in [0.5, 0.6) is 0 Å². The maximum Gasteiger partial charge on any atom is 0.303 e. The summed E-state index contributed by atoms with van der Waals surface area (Å²) in [5.41, 5.74) is 0.980. The van der Waals surface area contributed by atoms with E-state index >= 15 is 0 Å². The second-order valence-electron chi connectivity index (χ2n) is 4.27. The molecule has 0 aliphatic rings. The van der Waals surface area contributed by atoms with Crippen molar-refractivity contribution in [2.45, 2.75) is 37.6 Å². The average Bonchev–Trinajstić information content (AvgIpc) is 2.26. The van der Waals surface area contributed by atoms with Gasteiger partial charge in [0.05, 0.1) is 4.90 Å². The van der Waals surface area contributed by atoms with Crippen LogP contribution in [-0.4, -0.2) is 25.5 Å². The van der Waals surface area contributed by atoms with Gasteiger partial charge in [0, 0.05) is 12.5 Å². The van der Waals surface area contributed by atoms with E-state index < -0.39 is 22.0 Å². The molecule has 6 heteroatoms. The molecule has 1 atom stereocenters. The fourth-order valence-corrected chi connectivity index (χ4v) is 2.73. The molecule has 2 N–H and O–H groups in total. The topological polar surface area (TPSA) is 83.5 Å². The lowest BCUT2D eigenvalue weighted by Gasteiger charge is -2.13. The van der Waals surface area contributed by atoms with Crippen molar-refractivity contribution < 1.29 is 18.3 Å². The van der Waals surface area contributed by atoms with Gasteiger partial charge in [0.15, 0.2) is 0 Å². The highest BCUT2D eigenvalue weighted by atomic mass is 32.2. The smallest absolute Gasteiger partial charge is 0.303 e. The van der Waals surface area contributed by atoms with E-state index in [-0.39, 0.29) is 17.7 Å². The van der Waals surface area contributed by atoms with Crippen LogP contribution in [0.25, 0.3) is 0 Å². The lowest BCUT2D eigenvalue weighted by atomic mass is 10.2. The number of sulfonamides is 1. The molecule has 100 valence electrons. The highest BCUT2D eigenvalue weighted by molar-refractivity contribution is 7.89. The molecular formula is C12H17NO4S. The minimum Gasteiger partial charge on any atom is -0.481 e. The molecule has 0 radical (unpaired) electrons. The maximum absolute atomic E-state index is 11.9. The first-order valence-corrected chi connectivity index (χ1v) is 7.10. The molecule has 0 heterocycles. The summed E-state index contributed by atoms with van der Waals surface area (Å²) in [4.78, 5) is 10.6. The van der Waals surface area contributed by atoms with Crippen LogP contribution in [0.1, 0.15) is 25.3 Å². The predicted octanol–water partition coefficient (Wildman–Crippen LogP) is 1.53. The van der Waals surface area contributed by atoms with Crippen LogP contribution in [0.2, 0.25) is 0 Å². The van der Waals surface area contributed by atoms with Gasteiger partial charge in [-0.15, -0.1) is 0 Å². The first kappa shape index (κ1) is 14.7. The molecule has 0 saturated heterocycles. The van der Waals surface area contributed by atoms with Crippen molar-refractivity contribution in [3.63, 3.8) is 0 Å². The first-order chi connectivity index (χ1) is 8.31. The highest BCUT2D eigenvalue weighted by Crippen LogP contribution is 2.11. The molecular weight excluding hydrogens is 254 g/mol. The summed E-state index contributed by atoms with van der Waals surface area (Å²) < 4.78 is 26.3. The molecule has 0 amide bonds. The fourth-order valence-electron chi connectivity index (χ4n) is 1.45. The largest absolute Gasteiger partial charge is 0.481 e. The lowest BCUT2D eigenvalue weighted by Crippen LogP contribution is -2.32. The molecule has 0 bridgehead atoms. The second-order valence-corrected chi connectivity index (χ2v) is 5.98.